The molecule has 1 fully saturated rings. The number of likely N-dealkylation sites (tertiary alicyclic amines) is 1. The van der Waals surface area contributed by atoms with Crippen LogP contribution in [-0.4, -0.2) is 46.1 Å². The van der Waals surface area contributed by atoms with Crippen molar-refractivity contribution < 1.29 is 14.7 Å². The molecule has 0 aromatic heterocycles. The summed E-state index contributed by atoms with van der Waals surface area (Å²) in [6.45, 7) is 0.643. The fourth-order valence-corrected chi connectivity index (χ4v) is 5.71. The SMILES string of the molecule is N=C(N)c1ccc(-c2ccc(SC[C@@H]3C[C@@H](CC(=O)O)C(=O)N3CCCc3ccccc3)cc2)cc1. The summed E-state index contributed by atoms with van der Waals surface area (Å²) in [5.74, 6) is -0.596. The van der Waals surface area contributed by atoms with E-state index in [1.54, 1.807) is 11.8 Å². The van der Waals surface area contributed by atoms with E-state index in [4.69, 9.17) is 11.1 Å². The second-order valence-electron chi connectivity index (χ2n) is 9.13. The van der Waals surface area contributed by atoms with Crippen molar-refractivity contribution in [3.8, 4) is 11.1 Å². The van der Waals surface area contributed by atoms with Gasteiger partial charge in [0.25, 0.3) is 0 Å². The average molecular weight is 502 g/mol. The van der Waals surface area contributed by atoms with Crippen LogP contribution in [-0.2, 0) is 16.0 Å². The number of nitrogens with two attached hydrogens (primary N) is 1. The molecule has 0 aliphatic carbocycles. The standard InChI is InChI=1S/C29H31N3O3S/c30-28(31)23-10-8-21(9-11-23)22-12-14-26(15-13-22)36-19-25-17-24(18-27(33)34)29(35)32(25)16-4-7-20-5-2-1-3-6-20/h1-3,5-6,8-15,24-25H,4,7,16-19H2,(H3,30,31)(H,33,34)/t24-,25-/m0/s1. The number of hydrogen-bond donors (Lipinski definition) is 3. The summed E-state index contributed by atoms with van der Waals surface area (Å²) < 4.78 is 0. The van der Waals surface area contributed by atoms with Crippen LogP contribution in [0.1, 0.15) is 30.4 Å². The third-order valence-corrected chi connectivity index (χ3v) is 7.74. The van der Waals surface area contributed by atoms with Crippen molar-refractivity contribution in [1.29, 1.82) is 5.41 Å². The normalized spacial score (nSPS) is 17.3. The van der Waals surface area contributed by atoms with Crippen molar-refractivity contribution in [2.24, 2.45) is 11.7 Å². The molecule has 3 aromatic carbocycles. The van der Waals surface area contributed by atoms with Crippen molar-refractivity contribution in [2.75, 3.05) is 12.3 Å². The number of nitrogens with one attached hydrogen (secondary N) is 1. The highest BCUT2D eigenvalue weighted by molar-refractivity contribution is 7.99. The first-order valence-corrected chi connectivity index (χ1v) is 13.1. The average Bonchev–Trinajstić information content (AvgIpc) is 3.17. The van der Waals surface area contributed by atoms with Crippen molar-refractivity contribution >= 4 is 29.5 Å². The second kappa shape index (κ2) is 11.9. The molecule has 1 saturated heterocycles. The van der Waals surface area contributed by atoms with Gasteiger partial charge in [0, 0.05) is 28.8 Å². The van der Waals surface area contributed by atoms with Crippen LogP contribution in [0, 0.1) is 11.3 Å². The van der Waals surface area contributed by atoms with Gasteiger partial charge in [0.05, 0.1) is 12.3 Å². The summed E-state index contributed by atoms with van der Waals surface area (Å²) in [5, 5.41) is 16.8. The van der Waals surface area contributed by atoms with Crippen molar-refractivity contribution in [3.05, 3.63) is 90.0 Å². The Hall–Kier alpha value is -3.58. The first-order chi connectivity index (χ1) is 17.4. The van der Waals surface area contributed by atoms with Gasteiger partial charge >= 0.3 is 5.97 Å². The van der Waals surface area contributed by atoms with Gasteiger partial charge in [0.15, 0.2) is 0 Å². The lowest BCUT2D eigenvalue weighted by molar-refractivity contribution is -0.142. The van der Waals surface area contributed by atoms with E-state index in [-0.39, 0.29) is 24.2 Å². The highest BCUT2D eigenvalue weighted by atomic mass is 32.2. The monoisotopic (exact) mass is 501 g/mol. The number of carbonyl (C=O) groups is 2. The Kier molecular flexibility index (Phi) is 8.44. The van der Waals surface area contributed by atoms with Gasteiger partial charge < -0.3 is 15.7 Å². The number of rotatable bonds is 11. The highest BCUT2D eigenvalue weighted by Crippen LogP contribution is 2.32. The molecule has 0 spiro atoms. The fraction of sp³-hybridized carbons (Fsp3) is 0.276. The second-order valence-corrected chi connectivity index (χ2v) is 10.2. The number of hydrogen-bond acceptors (Lipinski definition) is 4. The Bertz CT molecular complexity index is 1200. The highest BCUT2D eigenvalue weighted by Gasteiger charge is 2.39. The third-order valence-electron chi connectivity index (χ3n) is 6.58. The molecule has 3 aromatic rings. The quantitative estimate of drug-likeness (QED) is 0.194. The molecule has 1 heterocycles. The summed E-state index contributed by atoms with van der Waals surface area (Å²) in [4.78, 5) is 27.3. The van der Waals surface area contributed by atoms with Gasteiger partial charge in [-0.3, -0.25) is 15.0 Å². The number of benzene rings is 3. The van der Waals surface area contributed by atoms with E-state index in [1.165, 1.54) is 5.56 Å². The van der Waals surface area contributed by atoms with Crippen molar-refractivity contribution in [3.63, 3.8) is 0 Å². The Balaban J connectivity index is 1.37. The molecule has 7 heteroatoms. The summed E-state index contributed by atoms with van der Waals surface area (Å²) in [6.07, 6.45) is 2.23. The third kappa shape index (κ3) is 6.55. The number of amidine groups is 1. The van der Waals surface area contributed by atoms with Gasteiger partial charge in [0.2, 0.25) is 5.91 Å². The van der Waals surface area contributed by atoms with Gasteiger partial charge in [0.1, 0.15) is 5.84 Å². The van der Waals surface area contributed by atoms with Crippen LogP contribution in [0.2, 0.25) is 0 Å². The van der Waals surface area contributed by atoms with Gasteiger partial charge in [-0.25, -0.2) is 0 Å². The lowest BCUT2D eigenvalue weighted by atomic mass is 10.0. The van der Waals surface area contributed by atoms with Crippen LogP contribution in [0.15, 0.2) is 83.8 Å². The number of nitrogens with zero attached hydrogens (tertiary/aromatic N) is 1. The lowest BCUT2D eigenvalue weighted by Gasteiger charge is -2.24. The first-order valence-electron chi connectivity index (χ1n) is 12.1. The smallest absolute Gasteiger partial charge is 0.304 e. The zero-order valence-corrected chi connectivity index (χ0v) is 20.9. The maximum atomic E-state index is 13.0. The minimum atomic E-state index is -0.919. The number of aliphatic carboxylic acids is 1. The molecule has 0 unspecified atom stereocenters. The van der Waals surface area contributed by atoms with Gasteiger partial charge in [-0.1, -0.05) is 66.7 Å². The fourth-order valence-electron chi connectivity index (χ4n) is 4.68. The van der Waals surface area contributed by atoms with Crippen LogP contribution in [0.4, 0.5) is 0 Å². The number of carbonyl (C=O) groups excluding carboxylic acids is 1. The van der Waals surface area contributed by atoms with Crippen molar-refractivity contribution in [1.82, 2.24) is 4.90 Å². The number of carboxylic acid groups (broad SMARTS) is 1. The number of thioether (sulfide) groups is 1. The number of carboxylic acids is 1. The van der Waals surface area contributed by atoms with Crippen LogP contribution < -0.4 is 5.73 Å². The predicted molar refractivity (Wildman–Crippen MR) is 144 cm³/mol. The molecule has 4 N–H and O–H groups in total. The molecule has 186 valence electrons. The predicted octanol–water partition coefficient (Wildman–Crippen LogP) is 5.05. The molecular formula is C29H31N3O3S. The summed E-state index contributed by atoms with van der Waals surface area (Å²) >= 11 is 1.70. The summed E-state index contributed by atoms with van der Waals surface area (Å²) in [5.41, 5.74) is 9.62. The minimum Gasteiger partial charge on any atom is -0.481 e. The lowest BCUT2D eigenvalue weighted by Crippen LogP contribution is -2.36. The van der Waals surface area contributed by atoms with Gasteiger partial charge in [-0.05, 0) is 48.1 Å². The number of aryl methyl sites for hydroxylation is 1. The van der Waals surface area contributed by atoms with E-state index in [0.717, 1.165) is 34.6 Å². The van der Waals surface area contributed by atoms with E-state index >= 15 is 0 Å². The molecule has 4 rings (SSSR count). The maximum absolute atomic E-state index is 13.0. The van der Waals surface area contributed by atoms with Gasteiger partial charge in [-0.15, -0.1) is 11.8 Å². The first kappa shape index (κ1) is 25.5. The van der Waals surface area contributed by atoms with E-state index in [9.17, 15) is 14.7 Å². The van der Waals surface area contributed by atoms with Crippen LogP contribution in [0.5, 0.6) is 0 Å². The van der Waals surface area contributed by atoms with Crippen LogP contribution in [0.3, 0.4) is 0 Å². The van der Waals surface area contributed by atoms with E-state index in [0.29, 0.717) is 18.5 Å². The minimum absolute atomic E-state index is 0.0274. The molecule has 1 aliphatic rings. The molecule has 0 bridgehead atoms. The molecule has 6 nitrogen and oxygen atoms in total. The summed E-state index contributed by atoms with van der Waals surface area (Å²) in [6, 6.07) is 26.1. The number of nitrogen functional groups attached to an aromatic ring is 1. The van der Waals surface area contributed by atoms with Crippen LogP contribution >= 0.6 is 11.8 Å². The molecule has 0 radical (unpaired) electrons. The molecular weight excluding hydrogens is 470 g/mol. The molecule has 1 amide bonds. The van der Waals surface area contributed by atoms with E-state index in [2.05, 4.69) is 36.4 Å². The maximum Gasteiger partial charge on any atom is 0.304 e. The molecule has 1 aliphatic heterocycles. The topological polar surface area (TPSA) is 107 Å². The molecule has 36 heavy (non-hydrogen) atoms. The largest absolute Gasteiger partial charge is 0.481 e. The number of amides is 1. The van der Waals surface area contributed by atoms with Crippen LogP contribution in [0.25, 0.3) is 11.1 Å². The molecule has 2 atom stereocenters. The zero-order valence-electron chi connectivity index (χ0n) is 20.1. The van der Waals surface area contributed by atoms with Crippen molar-refractivity contribution in [2.45, 2.75) is 36.6 Å². The Morgan fingerprint density at radius 3 is 2.25 bits per heavy atom. The Morgan fingerprint density at radius 2 is 1.64 bits per heavy atom. The zero-order chi connectivity index (χ0) is 25.5. The summed E-state index contributed by atoms with van der Waals surface area (Å²) in [7, 11) is 0. The Morgan fingerprint density at radius 1 is 1.00 bits per heavy atom. The van der Waals surface area contributed by atoms with Gasteiger partial charge in [-0.2, -0.15) is 0 Å². The van der Waals surface area contributed by atoms with E-state index < -0.39 is 11.9 Å². The Labute approximate surface area is 216 Å². The van der Waals surface area contributed by atoms with E-state index in [1.807, 2.05) is 47.4 Å². The molecule has 0 saturated carbocycles.